The number of thiazole rings is 1. The van der Waals surface area contributed by atoms with Crippen LogP contribution < -0.4 is 5.73 Å². The molecule has 1 fully saturated rings. The Labute approximate surface area is 122 Å². The third-order valence-corrected chi connectivity index (χ3v) is 5.88. The smallest absolute Gasteiger partial charge is 0.0948 e. The largest absolute Gasteiger partial charge is 0.326 e. The summed E-state index contributed by atoms with van der Waals surface area (Å²) in [6, 6.07) is 10.6. The average Bonchev–Trinajstić information content (AvgIpc) is 3.11. The van der Waals surface area contributed by atoms with E-state index < -0.39 is 0 Å². The van der Waals surface area contributed by atoms with Gasteiger partial charge >= 0.3 is 0 Å². The molecule has 2 unspecified atom stereocenters. The topological polar surface area (TPSA) is 38.9 Å². The minimum atomic E-state index is 0.252. The van der Waals surface area contributed by atoms with E-state index in [9.17, 15) is 0 Å². The van der Waals surface area contributed by atoms with Gasteiger partial charge in [-0.3, -0.25) is 0 Å². The van der Waals surface area contributed by atoms with Gasteiger partial charge in [0.2, 0.25) is 0 Å². The van der Waals surface area contributed by atoms with Crippen LogP contribution in [-0.4, -0.2) is 22.0 Å². The molecular formula is C15H18N2S2. The molecule has 2 N–H and O–H groups in total. The summed E-state index contributed by atoms with van der Waals surface area (Å²) in [6.07, 6.45) is 3.49. The van der Waals surface area contributed by atoms with Crippen LogP contribution in [0, 0.1) is 0 Å². The van der Waals surface area contributed by atoms with Crippen molar-refractivity contribution in [2.45, 2.75) is 30.6 Å². The molecule has 0 spiro atoms. The molecule has 19 heavy (non-hydrogen) atoms. The van der Waals surface area contributed by atoms with Crippen molar-refractivity contribution in [1.29, 1.82) is 0 Å². The van der Waals surface area contributed by atoms with Crippen molar-refractivity contribution >= 4 is 23.1 Å². The van der Waals surface area contributed by atoms with Crippen molar-refractivity contribution in [1.82, 2.24) is 4.98 Å². The van der Waals surface area contributed by atoms with Gasteiger partial charge in [-0.25, -0.2) is 4.98 Å². The van der Waals surface area contributed by atoms with Crippen molar-refractivity contribution in [2.24, 2.45) is 5.73 Å². The molecule has 1 aromatic heterocycles. The number of benzene rings is 1. The molecule has 3 rings (SSSR count). The molecule has 2 aromatic rings. The maximum Gasteiger partial charge on any atom is 0.0948 e. The summed E-state index contributed by atoms with van der Waals surface area (Å²) in [5.41, 5.74) is 8.57. The highest BCUT2D eigenvalue weighted by atomic mass is 32.2. The molecule has 0 bridgehead atoms. The van der Waals surface area contributed by atoms with E-state index in [1.54, 1.807) is 11.3 Å². The van der Waals surface area contributed by atoms with Crippen LogP contribution in [0.1, 0.15) is 17.8 Å². The van der Waals surface area contributed by atoms with Crippen molar-refractivity contribution in [3.8, 4) is 11.3 Å². The highest BCUT2D eigenvalue weighted by Crippen LogP contribution is 2.30. The van der Waals surface area contributed by atoms with Crippen LogP contribution in [0.5, 0.6) is 0 Å². The molecule has 0 radical (unpaired) electrons. The summed E-state index contributed by atoms with van der Waals surface area (Å²) in [4.78, 5) is 4.72. The van der Waals surface area contributed by atoms with Crippen LogP contribution in [0.3, 0.4) is 0 Å². The molecule has 2 nitrogen and oxygen atoms in total. The van der Waals surface area contributed by atoms with E-state index in [0.29, 0.717) is 5.25 Å². The molecule has 1 aromatic carbocycles. The number of thioether (sulfide) groups is 1. The second-order valence-electron chi connectivity index (χ2n) is 4.91. The molecule has 1 aliphatic rings. The van der Waals surface area contributed by atoms with Crippen LogP contribution in [-0.2, 0) is 6.42 Å². The zero-order valence-electron chi connectivity index (χ0n) is 10.8. The number of nitrogens with zero attached hydrogens (tertiary/aromatic N) is 1. The highest BCUT2D eigenvalue weighted by Gasteiger charge is 2.23. The summed E-state index contributed by atoms with van der Waals surface area (Å²) >= 11 is 3.76. The third-order valence-electron chi connectivity index (χ3n) is 3.47. The summed E-state index contributed by atoms with van der Waals surface area (Å²) in [7, 11) is 0. The summed E-state index contributed by atoms with van der Waals surface area (Å²) in [5, 5.41) is 3.93. The summed E-state index contributed by atoms with van der Waals surface area (Å²) in [5.74, 6) is 1.27. The van der Waals surface area contributed by atoms with E-state index in [1.165, 1.54) is 29.2 Å². The van der Waals surface area contributed by atoms with Crippen LogP contribution in [0.2, 0.25) is 0 Å². The van der Waals surface area contributed by atoms with Gasteiger partial charge in [0, 0.05) is 28.7 Å². The molecule has 0 amide bonds. The fraction of sp³-hybridized carbons (Fsp3) is 0.400. The van der Waals surface area contributed by atoms with Gasteiger partial charge in [-0.2, -0.15) is 11.8 Å². The number of rotatable bonds is 4. The van der Waals surface area contributed by atoms with Crippen LogP contribution in [0.15, 0.2) is 35.7 Å². The Kier molecular flexibility index (Phi) is 4.21. The van der Waals surface area contributed by atoms with Crippen molar-refractivity contribution in [3.63, 3.8) is 0 Å². The van der Waals surface area contributed by atoms with Gasteiger partial charge in [-0.1, -0.05) is 30.3 Å². The molecule has 1 saturated heterocycles. The van der Waals surface area contributed by atoms with Gasteiger partial charge in [-0.15, -0.1) is 11.3 Å². The van der Waals surface area contributed by atoms with E-state index in [1.807, 2.05) is 17.8 Å². The standard InChI is InChI=1S/C15H18N2S2/c16-12(14-7-4-8-18-14)9-15-17-13(10-19-15)11-5-2-1-3-6-11/h1-3,5-6,10,12,14H,4,7-9,16H2. The number of hydrogen-bond acceptors (Lipinski definition) is 4. The zero-order valence-corrected chi connectivity index (χ0v) is 12.4. The molecule has 2 atom stereocenters. The second kappa shape index (κ2) is 6.07. The average molecular weight is 290 g/mol. The molecule has 0 aliphatic carbocycles. The van der Waals surface area contributed by atoms with Crippen molar-refractivity contribution in [2.75, 3.05) is 5.75 Å². The first-order chi connectivity index (χ1) is 9.33. The van der Waals surface area contributed by atoms with Crippen LogP contribution in [0.25, 0.3) is 11.3 Å². The van der Waals surface area contributed by atoms with Crippen LogP contribution >= 0.6 is 23.1 Å². The predicted octanol–water partition coefficient (Wildman–Crippen LogP) is 3.58. The highest BCUT2D eigenvalue weighted by molar-refractivity contribution is 8.00. The third kappa shape index (κ3) is 3.19. The lowest BCUT2D eigenvalue weighted by Crippen LogP contribution is -2.32. The van der Waals surface area contributed by atoms with Gasteiger partial charge in [-0.05, 0) is 18.6 Å². The Morgan fingerprint density at radius 3 is 2.89 bits per heavy atom. The maximum absolute atomic E-state index is 6.30. The molecular weight excluding hydrogens is 272 g/mol. The molecule has 100 valence electrons. The Morgan fingerprint density at radius 2 is 2.16 bits per heavy atom. The Bertz CT molecular complexity index is 518. The quantitative estimate of drug-likeness (QED) is 0.935. The monoisotopic (exact) mass is 290 g/mol. The molecule has 0 saturated carbocycles. The number of hydrogen-bond donors (Lipinski definition) is 1. The minimum absolute atomic E-state index is 0.252. The predicted molar refractivity (Wildman–Crippen MR) is 84.7 cm³/mol. The van der Waals surface area contributed by atoms with Gasteiger partial charge in [0.1, 0.15) is 0 Å². The van der Waals surface area contributed by atoms with Gasteiger partial charge in [0.25, 0.3) is 0 Å². The van der Waals surface area contributed by atoms with E-state index in [2.05, 4.69) is 29.6 Å². The minimum Gasteiger partial charge on any atom is -0.326 e. The fourth-order valence-corrected chi connectivity index (χ4v) is 4.61. The van der Waals surface area contributed by atoms with Gasteiger partial charge in [0.15, 0.2) is 0 Å². The molecule has 1 aliphatic heterocycles. The van der Waals surface area contributed by atoms with Crippen molar-refractivity contribution in [3.05, 3.63) is 40.7 Å². The Morgan fingerprint density at radius 1 is 1.32 bits per heavy atom. The van der Waals surface area contributed by atoms with Crippen LogP contribution in [0.4, 0.5) is 0 Å². The SMILES string of the molecule is NC(Cc1nc(-c2ccccc2)cs1)C1CCCS1. The second-order valence-corrected chi connectivity index (χ2v) is 7.20. The first-order valence-electron chi connectivity index (χ1n) is 6.70. The molecule has 2 heterocycles. The van der Waals surface area contributed by atoms with Gasteiger partial charge < -0.3 is 5.73 Å². The first-order valence-corrected chi connectivity index (χ1v) is 8.63. The molecule has 4 heteroatoms. The van der Waals surface area contributed by atoms with E-state index in [0.717, 1.165) is 12.1 Å². The maximum atomic E-state index is 6.30. The lowest BCUT2D eigenvalue weighted by atomic mass is 10.1. The summed E-state index contributed by atoms with van der Waals surface area (Å²) < 4.78 is 0. The van der Waals surface area contributed by atoms with E-state index in [-0.39, 0.29) is 6.04 Å². The Hall–Kier alpha value is -0.840. The Balaban J connectivity index is 1.68. The van der Waals surface area contributed by atoms with Gasteiger partial charge in [0.05, 0.1) is 10.7 Å². The normalized spacial score (nSPS) is 20.6. The summed E-state index contributed by atoms with van der Waals surface area (Å²) in [6.45, 7) is 0. The van der Waals surface area contributed by atoms with E-state index in [4.69, 9.17) is 10.7 Å². The lowest BCUT2D eigenvalue weighted by molar-refractivity contribution is 0.608. The number of nitrogens with two attached hydrogens (primary N) is 1. The van der Waals surface area contributed by atoms with Crippen molar-refractivity contribution < 1.29 is 0 Å². The number of aromatic nitrogens is 1. The fourth-order valence-electron chi connectivity index (χ4n) is 2.42. The lowest BCUT2D eigenvalue weighted by Gasteiger charge is -2.16. The zero-order chi connectivity index (χ0) is 13.1. The van der Waals surface area contributed by atoms with E-state index >= 15 is 0 Å². The first kappa shape index (κ1) is 13.2.